The van der Waals surface area contributed by atoms with E-state index >= 15 is 9.59 Å². The Kier molecular flexibility index (Phi) is 15.3. The lowest BCUT2D eigenvalue weighted by Gasteiger charge is -2.22. The Morgan fingerprint density at radius 3 is 1.27 bits per heavy atom. The third-order valence-electron chi connectivity index (χ3n) is 17.9. The van der Waals surface area contributed by atoms with E-state index in [9.17, 15) is 10.1 Å². The third kappa shape index (κ3) is 9.86. The van der Waals surface area contributed by atoms with Crippen LogP contribution in [0, 0.1) is 10.1 Å². The van der Waals surface area contributed by atoms with Gasteiger partial charge in [-0.2, -0.15) is 0 Å². The fourth-order valence-corrected chi connectivity index (χ4v) is 13.7. The molecule has 0 bridgehead atoms. The van der Waals surface area contributed by atoms with Gasteiger partial charge in [0, 0.05) is 60.4 Å². The van der Waals surface area contributed by atoms with Gasteiger partial charge in [-0.3, -0.25) is 28.5 Å². The number of para-hydroxylation sites is 2. The van der Waals surface area contributed by atoms with Crippen molar-refractivity contribution in [1.29, 1.82) is 0 Å². The molecular weight excluding hydrogens is 1040 g/mol. The highest BCUT2D eigenvalue weighted by atomic mass is 16.6. The van der Waals surface area contributed by atoms with E-state index in [1.165, 1.54) is 89.9 Å². The SMILES string of the molecule is CCCCCCCCCCCCc1cc2c(cc1N)nc1c3ccc4c5c(Oc6ccccc6)cc6c(=O)n7c8cc(CCCCCCCCCCCC)c([N+](=O)[O-])cc8nc7c7ccc(c8c(Oc9ccccc9)cc(c(=O)n21)c3c48)c5c67. The van der Waals surface area contributed by atoms with Gasteiger partial charge in [-0.15, -0.1) is 0 Å². The number of nitrogens with two attached hydrogens (primary N) is 1. The Morgan fingerprint density at radius 2 is 0.833 bits per heavy atom. The van der Waals surface area contributed by atoms with Gasteiger partial charge >= 0.3 is 0 Å². The summed E-state index contributed by atoms with van der Waals surface area (Å²) in [6.45, 7) is 4.49. The number of fused-ring (bicyclic) bond motifs is 10. The van der Waals surface area contributed by atoms with Gasteiger partial charge in [0.25, 0.3) is 16.8 Å². The predicted molar refractivity (Wildman–Crippen MR) is 345 cm³/mol. The van der Waals surface area contributed by atoms with Gasteiger partial charge < -0.3 is 15.2 Å². The van der Waals surface area contributed by atoms with Crippen molar-refractivity contribution in [3.05, 3.63) is 163 Å². The molecule has 0 aliphatic heterocycles. The maximum absolute atomic E-state index is 15.6. The smallest absolute Gasteiger partial charge is 0.274 e. The second kappa shape index (κ2) is 23.5. The number of imidazole rings is 2. The number of nitro groups is 1. The lowest BCUT2D eigenvalue weighted by atomic mass is 9.85. The van der Waals surface area contributed by atoms with Gasteiger partial charge in [0.1, 0.15) is 34.3 Å². The van der Waals surface area contributed by atoms with Crippen LogP contribution in [0.1, 0.15) is 153 Å². The van der Waals surface area contributed by atoms with Gasteiger partial charge in [-0.1, -0.05) is 178 Å². The van der Waals surface area contributed by atoms with Crippen LogP contribution in [-0.2, 0) is 12.8 Å². The number of ether oxygens (including phenoxy) is 2. The zero-order chi connectivity index (χ0) is 57.4. The molecule has 0 saturated heterocycles. The van der Waals surface area contributed by atoms with Crippen LogP contribution in [0.2, 0.25) is 0 Å². The Balaban J connectivity index is 0.981. The first-order chi connectivity index (χ1) is 41.2. The number of benzene rings is 9. The molecule has 426 valence electrons. The molecule has 9 aromatic carbocycles. The molecule has 84 heavy (non-hydrogen) atoms. The molecule has 0 fully saturated rings. The molecule has 0 saturated carbocycles. The standard InChI is InChI=1S/C72H72N6O6/c1-3-5-7-9-11-13-15-17-19-23-29-45-39-59-56(43-55(45)73)74-69-51-37-35-49-66-62(84-48-33-27-22-28-34-48)42-54-64-52(38-36-50(68(64)66)65-61(83-47-31-25-21-26-32-47)41-53(63(51)67(49)65)71(79)76(59)69)70-75-57-44-58(78(81)82)46(40-60(57)77(70)72(54)80)30-24-20-18-16-14-12-10-8-6-4-2/h21-22,25-28,31-44H,3-20,23-24,29-30,73H2,1-2H3. The number of pyridine rings is 2. The van der Waals surface area contributed by atoms with Crippen molar-refractivity contribution in [3.63, 3.8) is 0 Å². The molecule has 4 aromatic heterocycles. The molecule has 0 radical (unpaired) electrons. The summed E-state index contributed by atoms with van der Waals surface area (Å²) in [5.41, 5.74) is 11.8. The first-order valence-corrected chi connectivity index (χ1v) is 31.1. The van der Waals surface area contributed by atoms with E-state index in [2.05, 4.69) is 38.1 Å². The number of nitrogen functional groups attached to an aromatic ring is 1. The van der Waals surface area contributed by atoms with Crippen molar-refractivity contribution < 1.29 is 14.4 Å². The number of hydrogen-bond acceptors (Lipinski definition) is 9. The molecule has 2 N–H and O–H groups in total. The molecule has 0 atom stereocenters. The first kappa shape index (κ1) is 54.6. The van der Waals surface area contributed by atoms with Crippen LogP contribution in [-0.4, -0.2) is 23.7 Å². The van der Waals surface area contributed by atoms with Gasteiger partial charge in [0.05, 0.1) is 37.8 Å². The third-order valence-corrected chi connectivity index (χ3v) is 17.9. The van der Waals surface area contributed by atoms with Gasteiger partial charge in [-0.25, -0.2) is 9.97 Å². The topological polar surface area (TPSA) is 156 Å². The molecule has 0 unspecified atom stereocenters. The van der Waals surface area contributed by atoms with Crippen LogP contribution in [0.5, 0.6) is 23.0 Å². The molecule has 13 aromatic rings. The molecule has 12 nitrogen and oxygen atoms in total. The fraction of sp³-hybridized carbons (Fsp3) is 0.333. The van der Waals surface area contributed by atoms with Crippen molar-refractivity contribution in [2.45, 2.75) is 155 Å². The van der Waals surface area contributed by atoms with E-state index in [1.54, 1.807) is 14.9 Å². The van der Waals surface area contributed by atoms with E-state index in [1.807, 2.05) is 91.0 Å². The molecule has 0 aliphatic carbocycles. The first-order valence-electron chi connectivity index (χ1n) is 31.1. The zero-order valence-corrected chi connectivity index (χ0v) is 48.4. The van der Waals surface area contributed by atoms with Crippen LogP contribution in [0.25, 0.3) is 98.0 Å². The number of aryl methyl sites for hydroxylation is 2. The Morgan fingerprint density at radius 1 is 0.440 bits per heavy atom. The predicted octanol–water partition coefficient (Wildman–Crippen LogP) is 19.2. The second-order valence-electron chi connectivity index (χ2n) is 23.5. The second-order valence-corrected chi connectivity index (χ2v) is 23.5. The number of unbranched alkanes of at least 4 members (excludes halogenated alkanes) is 18. The van der Waals surface area contributed by atoms with E-state index in [4.69, 9.17) is 25.2 Å². The summed E-state index contributed by atoms with van der Waals surface area (Å²) in [6, 6.07) is 38.4. The van der Waals surface area contributed by atoms with Gasteiger partial charge in [-0.05, 0) is 109 Å². The molecule has 12 heteroatoms. The number of aromatic nitrogens is 4. The number of hydrogen-bond donors (Lipinski definition) is 1. The summed E-state index contributed by atoms with van der Waals surface area (Å²) in [6.07, 6.45) is 25.4. The summed E-state index contributed by atoms with van der Waals surface area (Å²) in [5, 5.41) is 21.2. The Hall–Kier alpha value is -8.64. The van der Waals surface area contributed by atoms with E-state index in [0.29, 0.717) is 90.1 Å². The Bertz CT molecular complexity index is 4690. The lowest BCUT2D eigenvalue weighted by molar-refractivity contribution is -0.385. The Labute approximate surface area is 487 Å². The monoisotopic (exact) mass is 1120 g/mol. The van der Waals surface area contributed by atoms with E-state index < -0.39 is 0 Å². The summed E-state index contributed by atoms with van der Waals surface area (Å²) < 4.78 is 17.3. The highest BCUT2D eigenvalue weighted by molar-refractivity contribution is 6.42. The van der Waals surface area contributed by atoms with Crippen LogP contribution < -0.4 is 26.3 Å². The lowest BCUT2D eigenvalue weighted by Crippen LogP contribution is -2.14. The van der Waals surface area contributed by atoms with Crippen LogP contribution >= 0.6 is 0 Å². The number of nitro benzene ring substituents is 1. The number of anilines is 1. The summed E-state index contributed by atoms with van der Waals surface area (Å²) in [5.74, 6) is 2.10. The van der Waals surface area contributed by atoms with Crippen molar-refractivity contribution in [3.8, 4) is 23.0 Å². The van der Waals surface area contributed by atoms with Gasteiger partial charge in [0.15, 0.2) is 0 Å². The van der Waals surface area contributed by atoms with Crippen molar-refractivity contribution in [2.24, 2.45) is 0 Å². The van der Waals surface area contributed by atoms with Crippen LogP contribution in [0.15, 0.2) is 131 Å². The molecule has 0 spiro atoms. The van der Waals surface area contributed by atoms with Crippen LogP contribution in [0.3, 0.4) is 0 Å². The van der Waals surface area contributed by atoms with E-state index in [-0.39, 0.29) is 21.7 Å². The van der Waals surface area contributed by atoms with Crippen molar-refractivity contribution in [2.75, 3.05) is 5.73 Å². The van der Waals surface area contributed by atoms with Crippen LogP contribution in [0.4, 0.5) is 11.4 Å². The average Bonchev–Trinajstić information content (AvgIpc) is 1.07. The maximum atomic E-state index is 15.6. The van der Waals surface area contributed by atoms with E-state index in [0.717, 1.165) is 99.1 Å². The summed E-state index contributed by atoms with van der Waals surface area (Å²) in [4.78, 5) is 53.9. The van der Waals surface area contributed by atoms with Crippen molar-refractivity contribution in [1.82, 2.24) is 18.8 Å². The highest BCUT2D eigenvalue weighted by Gasteiger charge is 2.30. The largest absolute Gasteiger partial charge is 0.457 e. The normalized spacial score (nSPS) is 12.3. The number of rotatable bonds is 27. The molecule has 0 amide bonds. The maximum Gasteiger partial charge on any atom is 0.274 e. The van der Waals surface area contributed by atoms with Crippen molar-refractivity contribution >= 4 is 109 Å². The average molecular weight is 1120 g/mol. The number of nitrogens with zero attached hydrogens (tertiary/aromatic N) is 5. The molecule has 13 rings (SSSR count). The minimum Gasteiger partial charge on any atom is -0.457 e. The minimum absolute atomic E-state index is 0.0135. The molecule has 4 heterocycles. The highest BCUT2D eigenvalue weighted by Crippen LogP contribution is 2.52. The molecule has 0 aliphatic rings. The molecular formula is C72H72N6O6. The minimum atomic E-state index is -0.323. The van der Waals surface area contributed by atoms with Gasteiger partial charge in [0.2, 0.25) is 0 Å². The quantitative estimate of drug-likeness (QED) is 0.0132. The summed E-state index contributed by atoms with van der Waals surface area (Å²) in [7, 11) is 0. The fourth-order valence-electron chi connectivity index (χ4n) is 13.7. The summed E-state index contributed by atoms with van der Waals surface area (Å²) >= 11 is 0. The zero-order valence-electron chi connectivity index (χ0n) is 48.4.